The zero-order chi connectivity index (χ0) is 10.3. The Kier molecular flexibility index (Phi) is 5.61. The van der Waals surface area contributed by atoms with E-state index in [1.807, 2.05) is 0 Å². The average Bonchev–Trinajstić information content (AvgIpc) is 2.17. The maximum Gasteiger partial charge on any atom is 0.316 e. The van der Waals surface area contributed by atoms with Crippen molar-refractivity contribution in [2.24, 2.45) is 5.41 Å². The van der Waals surface area contributed by atoms with Gasteiger partial charge in [-0.05, 0) is 6.92 Å². The average molecular weight is 192 g/mol. The Morgan fingerprint density at radius 3 is 2.23 bits per heavy atom. The van der Waals surface area contributed by atoms with Crippen molar-refractivity contribution in [3.63, 3.8) is 0 Å². The van der Waals surface area contributed by atoms with Crippen molar-refractivity contribution >= 4 is 5.97 Å². The number of ether oxygens (including phenoxy) is 2. The molecule has 0 saturated carbocycles. The summed E-state index contributed by atoms with van der Waals surface area (Å²) in [6.45, 7) is 0.996. The normalized spacial score (nSPS) is 11.4. The molecule has 0 rings (SSSR count). The molecule has 0 heterocycles. The topological polar surface area (TPSA) is 76.0 Å². The molecule has 0 radical (unpaired) electrons. The lowest BCUT2D eigenvalue weighted by atomic mass is 9.93. The minimum atomic E-state index is -1.21. The number of rotatable bonds is 6. The van der Waals surface area contributed by atoms with Gasteiger partial charge in [-0.1, -0.05) is 0 Å². The number of aliphatic hydroxyl groups is 2. The van der Waals surface area contributed by atoms with Gasteiger partial charge in [0.15, 0.2) is 0 Å². The SMILES string of the molecule is COCCOC(=O)C(C)(CO)CO. The van der Waals surface area contributed by atoms with Crippen LogP contribution in [0.1, 0.15) is 6.92 Å². The number of carbonyl (C=O) groups excluding carboxylic acids is 1. The summed E-state index contributed by atoms with van der Waals surface area (Å²) < 4.78 is 9.42. The van der Waals surface area contributed by atoms with Crippen molar-refractivity contribution in [3.05, 3.63) is 0 Å². The summed E-state index contributed by atoms with van der Waals surface area (Å²) in [5.41, 5.74) is -1.21. The zero-order valence-electron chi connectivity index (χ0n) is 7.95. The fraction of sp³-hybridized carbons (Fsp3) is 0.875. The van der Waals surface area contributed by atoms with Gasteiger partial charge in [-0.15, -0.1) is 0 Å². The molecule has 0 unspecified atom stereocenters. The number of esters is 1. The van der Waals surface area contributed by atoms with Gasteiger partial charge in [-0.3, -0.25) is 4.79 Å². The fourth-order valence-corrected chi connectivity index (χ4v) is 0.571. The third kappa shape index (κ3) is 3.71. The first-order chi connectivity index (χ1) is 6.10. The Hall–Kier alpha value is -0.650. The van der Waals surface area contributed by atoms with Crippen LogP contribution in [0.3, 0.4) is 0 Å². The minimum absolute atomic E-state index is 0.130. The first-order valence-electron chi connectivity index (χ1n) is 3.98. The number of hydrogen-bond donors (Lipinski definition) is 2. The lowest BCUT2D eigenvalue weighted by molar-refractivity contribution is -0.161. The van der Waals surface area contributed by atoms with E-state index in [0.717, 1.165) is 0 Å². The van der Waals surface area contributed by atoms with E-state index in [0.29, 0.717) is 6.61 Å². The summed E-state index contributed by atoms with van der Waals surface area (Å²) >= 11 is 0. The molecule has 0 aliphatic heterocycles. The highest BCUT2D eigenvalue weighted by Crippen LogP contribution is 2.15. The molecule has 13 heavy (non-hydrogen) atoms. The third-order valence-electron chi connectivity index (χ3n) is 1.71. The van der Waals surface area contributed by atoms with Crippen LogP contribution in [0.25, 0.3) is 0 Å². The van der Waals surface area contributed by atoms with Gasteiger partial charge in [0.2, 0.25) is 0 Å². The van der Waals surface area contributed by atoms with Gasteiger partial charge in [0, 0.05) is 7.11 Å². The van der Waals surface area contributed by atoms with Crippen LogP contribution in [0.4, 0.5) is 0 Å². The van der Waals surface area contributed by atoms with Gasteiger partial charge in [-0.25, -0.2) is 0 Å². The first kappa shape index (κ1) is 12.3. The van der Waals surface area contributed by atoms with E-state index in [2.05, 4.69) is 4.74 Å². The maximum absolute atomic E-state index is 11.2. The summed E-state index contributed by atoms with van der Waals surface area (Å²) in [5, 5.41) is 17.6. The van der Waals surface area contributed by atoms with Gasteiger partial charge in [-0.2, -0.15) is 0 Å². The van der Waals surface area contributed by atoms with E-state index in [-0.39, 0.29) is 6.61 Å². The van der Waals surface area contributed by atoms with Crippen LogP contribution in [0.2, 0.25) is 0 Å². The minimum Gasteiger partial charge on any atom is -0.463 e. The number of methoxy groups -OCH3 is 1. The third-order valence-corrected chi connectivity index (χ3v) is 1.71. The van der Waals surface area contributed by atoms with Gasteiger partial charge in [0.25, 0.3) is 0 Å². The molecule has 2 N–H and O–H groups in total. The molecule has 0 saturated heterocycles. The number of hydrogen-bond acceptors (Lipinski definition) is 5. The molecule has 0 aliphatic carbocycles. The van der Waals surface area contributed by atoms with E-state index in [9.17, 15) is 4.79 Å². The molecule has 5 nitrogen and oxygen atoms in total. The monoisotopic (exact) mass is 192 g/mol. The van der Waals surface area contributed by atoms with E-state index in [1.54, 1.807) is 0 Å². The molecule has 5 heteroatoms. The predicted octanol–water partition coefficient (Wildman–Crippen LogP) is -0.833. The van der Waals surface area contributed by atoms with Crippen LogP contribution in [0.15, 0.2) is 0 Å². The molecule has 78 valence electrons. The summed E-state index contributed by atoms with van der Waals surface area (Å²) in [4.78, 5) is 11.2. The molecule has 0 atom stereocenters. The Bertz CT molecular complexity index is 153. The molecule has 0 fully saturated rings. The van der Waals surface area contributed by atoms with E-state index >= 15 is 0 Å². The predicted molar refractivity (Wildman–Crippen MR) is 45.1 cm³/mol. The smallest absolute Gasteiger partial charge is 0.316 e. The molecule has 0 aromatic rings. The van der Waals surface area contributed by atoms with Gasteiger partial charge in [0.05, 0.1) is 19.8 Å². The summed E-state index contributed by atoms with van der Waals surface area (Å²) in [6, 6.07) is 0. The number of aliphatic hydroxyl groups excluding tert-OH is 2. The first-order valence-corrected chi connectivity index (χ1v) is 3.98. The van der Waals surface area contributed by atoms with Gasteiger partial charge < -0.3 is 19.7 Å². The van der Waals surface area contributed by atoms with E-state index < -0.39 is 24.6 Å². The molecule has 0 aliphatic rings. The van der Waals surface area contributed by atoms with E-state index in [1.165, 1.54) is 14.0 Å². The van der Waals surface area contributed by atoms with Crippen LogP contribution in [0, 0.1) is 5.41 Å². The van der Waals surface area contributed by atoms with Crippen LogP contribution in [-0.2, 0) is 14.3 Å². The summed E-state index contributed by atoms with van der Waals surface area (Å²) in [6.07, 6.45) is 0. The lowest BCUT2D eigenvalue weighted by Crippen LogP contribution is -2.37. The van der Waals surface area contributed by atoms with Crippen molar-refractivity contribution in [3.8, 4) is 0 Å². The fourth-order valence-electron chi connectivity index (χ4n) is 0.571. The lowest BCUT2D eigenvalue weighted by Gasteiger charge is -2.21. The van der Waals surface area contributed by atoms with Crippen molar-refractivity contribution < 1.29 is 24.5 Å². The second kappa shape index (κ2) is 5.90. The van der Waals surface area contributed by atoms with E-state index in [4.69, 9.17) is 14.9 Å². The molecular weight excluding hydrogens is 176 g/mol. The Labute approximate surface area is 77.3 Å². The highest BCUT2D eigenvalue weighted by molar-refractivity contribution is 5.76. The highest BCUT2D eigenvalue weighted by atomic mass is 16.6. The quantitative estimate of drug-likeness (QED) is 0.424. The molecule has 0 aromatic heterocycles. The second-order valence-corrected chi connectivity index (χ2v) is 3.01. The van der Waals surface area contributed by atoms with Crippen molar-refractivity contribution in [2.45, 2.75) is 6.92 Å². The summed E-state index contributed by atoms with van der Waals surface area (Å²) in [5.74, 6) is -0.616. The maximum atomic E-state index is 11.2. The molecule has 0 spiro atoms. The van der Waals surface area contributed by atoms with Crippen LogP contribution in [-0.4, -0.2) is 49.7 Å². The van der Waals surface area contributed by atoms with Crippen LogP contribution < -0.4 is 0 Å². The van der Waals surface area contributed by atoms with Gasteiger partial charge >= 0.3 is 5.97 Å². The Morgan fingerprint density at radius 2 is 1.85 bits per heavy atom. The van der Waals surface area contributed by atoms with Crippen LogP contribution >= 0.6 is 0 Å². The Balaban J connectivity index is 3.92. The van der Waals surface area contributed by atoms with Gasteiger partial charge in [0.1, 0.15) is 12.0 Å². The second-order valence-electron chi connectivity index (χ2n) is 3.01. The molecule has 0 bridgehead atoms. The standard InChI is InChI=1S/C8H16O5/c1-8(5-9,6-10)7(11)13-4-3-12-2/h9-10H,3-6H2,1-2H3. The van der Waals surface area contributed by atoms with Crippen LogP contribution in [0.5, 0.6) is 0 Å². The summed E-state index contributed by atoms with van der Waals surface area (Å²) in [7, 11) is 1.49. The molecule has 0 amide bonds. The van der Waals surface area contributed by atoms with Crippen molar-refractivity contribution in [1.29, 1.82) is 0 Å². The number of carbonyl (C=O) groups is 1. The van der Waals surface area contributed by atoms with Crippen molar-refractivity contribution in [1.82, 2.24) is 0 Å². The zero-order valence-corrected chi connectivity index (χ0v) is 7.95. The molecular formula is C8H16O5. The Morgan fingerprint density at radius 1 is 1.31 bits per heavy atom. The molecule has 0 aromatic carbocycles. The van der Waals surface area contributed by atoms with Crippen molar-refractivity contribution in [2.75, 3.05) is 33.5 Å². The highest BCUT2D eigenvalue weighted by Gasteiger charge is 2.33. The largest absolute Gasteiger partial charge is 0.463 e.